The second-order valence-corrected chi connectivity index (χ2v) is 6.07. The summed E-state index contributed by atoms with van der Waals surface area (Å²) in [7, 11) is 0. The molecule has 0 aliphatic heterocycles. The zero-order valence-electron chi connectivity index (χ0n) is 12.0. The number of aromatic nitrogens is 1. The van der Waals surface area contributed by atoms with E-state index in [4.69, 9.17) is 11.5 Å². The van der Waals surface area contributed by atoms with E-state index in [0.29, 0.717) is 0 Å². The number of nitrogen functional groups attached to an aromatic ring is 1. The van der Waals surface area contributed by atoms with Crippen molar-refractivity contribution in [3.05, 3.63) is 39.1 Å². The van der Waals surface area contributed by atoms with Crippen molar-refractivity contribution in [1.82, 2.24) is 4.98 Å². The van der Waals surface area contributed by atoms with Gasteiger partial charge in [-0.2, -0.15) is 0 Å². The number of aryl methyl sites for hydroxylation is 2. The first kappa shape index (κ1) is 15.2. The number of anilines is 2. The molecule has 0 saturated carbocycles. The maximum absolute atomic E-state index is 14.0. The van der Waals surface area contributed by atoms with Gasteiger partial charge in [0, 0.05) is 10.6 Å². The molecule has 7 heteroatoms. The van der Waals surface area contributed by atoms with Gasteiger partial charge in [-0.15, -0.1) is 11.3 Å². The maximum atomic E-state index is 14.0. The van der Waals surface area contributed by atoms with Gasteiger partial charge in [0.1, 0.15) is 5.82 Å². The Morgan fingerprint density at radius 2 is 2.10 bits per heavy atom. The quantitative estimate of drug-likeness (QED) is 0.757. The number of benzene rings is 1. The fourth-order valence-electron chi connectivity index (χ4n) is 2.16. The second-order valence-electron chi connectivity index (χ2n) is 4.83. The third-order valence-corrected chi connectivity index (χ3v) is 4.36. The third kappa shape index (κ3) is 3.13. The standard InChI is InChI=1S/C14H17FN4OS/c1-6-13(21-8(3)18-6)7(2)19-12-4-9(14(17)20)11(16)5-10(12)15/h4-5,7,19H,16H2,1-3H3,(H2,17,20). The molecule has 1 unspecified atom stereocenters. The predicted molar refractivity (Wildman–Crippen MR) is 83.0 cm³/mol. The van der Waals surface area contributed by atoms with Gasteiger partial charge < -0.3 is 16.8 Å². The Morgan fingerprint density at radius 3 is 2.62 bits per heavy atom. The summed E-state index contributed by atoms with van der Waals surface area (Å²) in [6.07, 6.45) is 0. The molecule has 5 nitrogen and oxygen atoms in total. The van der Waals surface area contributed by atoms with Gasteiger partial charge in [-0.1, -0.05) is 0 Å². The van der Waals surface area contributed by atoms with Crippen LogP contribution in [0, 0.1) is 19.7 Å². The molecule has 1 heterocycles. The molecule has 0 fully saturated rings. The molecule has 0 bridgehead atoms. The number of amides is 1. The molecule has 0 spiro atoms. The molecule has 2 rings (SSSR count). The van der Waals surface area contributed by atoms with Gasteiger partial charge in [0.15, 0.2) is 0 Å². The van der Waals surface area contributed by atoms with Crippen molar-refractivity contribution in [3.63, 3.8) is 0 Å². The van der Waals surface area contributed by atoms with E-state index in [1.807, 2.05) is 20.8 Å². The molecule has 1 atom stereocenters. The van der Waals surface area contributed by atoms with Crippen LogP contribution in [0.15, 0.2) is 12.1 Å². The highest BCUT2D eigenvalue weighted by Crippen LogP contribution is 2.30. The van der Waals surface area contributed by atoms with E-state index in [9.17, 15) is 9.18 Å². The summed E-state index contributed by atoms with van der Waals surface area (Å²) < 4.78 is 14.0. The van der Waals surface area contributed by atoms with Crippen molar-refractivity contribution < 1.29 is 9.18 Å². The number of halogens is 1. The first-order valence-corrected chi connectivity index (χ1v) is 7.20. The Labute approximate surface area is 126 Å². The van der Waals surface area contributed by atoms with Gasteiger partial charge in [0.05, 0.1) is 28.0 Å². The molecule has 5 N–H and O–H groups in total. The molecule has 1 aromatic heterocycles. The fraction of sp³-hybridized carbons (Fsp3) is 0.286. The van der Waals surface area contributed by atoms with Crippen molar-refractivity contribution >= 4 is 28.6 Å². The van der Waals surface area contributed by atoms with Crippen LogP contribution in [0.3, 0.4) is 0 Å². The number of carbonyl (C=O) groups is 1. The summed E-state index contributed by atoms with van der Waals surface area (Å²) >= 11 is 1.55. The smallest absolute Gasteiger partial charge is 0.250 e. The lowest BCUT2D eigenvalue weighted by molar-refractivity contribution is 0.100. The summed E-state index contributed by atoms with van der Waals surface area (Å²) in [4.78, 5) is 16.6. The largest absolute Gasteiger partial charge is 0.398 e. The lowest BCUT2D eigenvalue weighted by atomic mass is 10.1. The average Bonchev–Trinajstić information content (AvgIpc) is 2.71. The van der Waals surface area contributed by atoms with E-state index in [-0.39, 0.29) is 23.0 Å². The topological polar surface area (TPSA) is 94.0 Å². The molecule has 0 saturated heterocycles. The van der Waals surface area contributed by atoms with Crippen LogP contribution in [-0.4, -0.2) is 10.9 Å². The van der Waals surface area contributed by atoms with Crippen molar-refractivity contribution in [2.24, 2.45) is 5.73 Å². The minimum atomic E-state index is -0.687. The predicted octanol–water partition coefficient (Wildman–Crippen LogP) is 2.75. The average molecular weight is 308 g/mol. The van der Waals surface area contributed by atoms with Gasteiger partial charge in [-0.25, -0.2) is 9.37 Å². The lowest BCUT2D eigenvalue weighted by Crippen LogP contribution is -2.15. The van der Waals surface area contributed by atoms with Crippen LogP contribution in [0.4, 0.5) is 15.8 Å². The van der Waals surface area contributed by atoms with E-state index >= 15 is 0 Å². The fourth-order valence-corrected chi connectivity index (χ4v) is 3.09. The molecular weight excluding hydrogens is 291 g/mol. The van der Waals surface area contributed by atoms with E-state index in [2.05, 4.69) is 10.3 Å². The third-order valence-electron chi connectivity index (χ3n) is 3.11. The van der Waals surface area contributed by atoms with Gasteiger partial charge in [0.2, 0.25) is 0 Å². The van der Waals surface area contributed by atoms with Crippen LogP contribution in [0.5, 0.6) is 0 Å². The maximum Gasteiger partial charge on any atom is 0.250 e. The molecule has 0 aliphatic carbocycles. The number of hydrogen-bond acceptors (Lipinski definition) is 5. The van der Waals surface area contributed by atoms with Crippen LogP contribution >= 0.6 is 11.3 Å². The Hall–Kier alpha value is -2.15. The minimum Gasteiger partial charge on any atom is -0.398 e. The SMILES string of the molecule is Cc1nc(C)c(C(C)Nc2cc(C(N)=O)c(N)cc2F)s1. The van der Waals surface area contributed by atoms with E-state index in [1.54, 1.807) is 11.3 Å². The van der Waals surface area contributed by atoms with E-state index in [1.165, 1.54) is 6.07 Å². The minimum absolute atomic E-state index is 0.0306. The van der Waals surface area contributed by atoms with Crippen LogP contribution in [0.25, 0.3) is 0 Å². The van der Waals surface area contributed by atoms with Gasteiger partial charge in [0.25, 0.3) is 5.91 Å². The highest BCUT2D eigenvalue weighted by molar-refractivity contribution is 7.11. The van der Waals surface area contributed by atoms with Crippen LogP contribution < -0.4 is 16.8 Å². The Kier molecular flexibility index (Phi) is 4.13. The number of hydrogen-bond donors (Lipinski definition) is 3. The Balaban J connectivity index is 2.33. The summed E-state index contributed by atoms with van der Waals surface area (Å²) in [6.45, 7) is 5.73. The number of nitrogens with two attached hydrogens (primary N) is 2. The summed E-state index contributed by atoms with van der Waals surface area (Å²) in [6, 6.07) is 2.29. The molecule has 112 valence electrons. The van der Waals surface area contributed by atoms with Crippen LogP contribution in [0.1, 0.15) is 38.9 Å². The normalized spacial score (nSPS) is 12.2. The zero-order chi connectivity index (χ0) is 15.7. The van der Waals surface area contributed by atoms with Crippen molar-refractivity contribution in [2.75, 3.05) is 11.1 Å². The number of thiazole rings is 1. The highest BCUT2D eigenvalue weighted by atomic mass is 32.1. The monoisotopic (exact) mass is 308 g/mol. The Bertz CT molecular complexity index is 699. The zero-order valence-corrected chi connectivity index (χ0v) is 12.8. The first-order valence-electron chi connectivity index (χ1n) is 6.39. The lowest BCUT2D eigenvalue weighted by Gasteiger charge is -2.16. The molecule has 2 aromatic rings. The van der Waals surface area contributed by atoms with Crippen molar-refractivity contribution in [1.29, 1.82) is 0 Å². The molecule has 0 radical (unpaired) electrons. The highest BCUT2D eigenvalue weighted by Gasteiger charge is 2.17. The van der Waals surface area contributed by atoms with Crippen molar-refractivity contribution in [2.45, 2.75) is 26.8 Å². The summed E-state index contributed by atoms with van der Waals surface area (Å²) in [5.74, 6) is -1.21. The number of nitrogens with one attached hydrogen (secondary N) is 1. The summed E-state index contributed by atoms with van der Waals surface area (Å²) in [5.41, 5.74) is 12.0. The molecule has 1 amide bonds. The van der Waals surface area contributed by atoms with Gasteiger partial charge in [-0.3, -0.25) is 4.79 Å². The van der Waals surface area contributed by atoms with Gasteiger partial charge in [-0.05, 0) is 32.9 Å². The van der Waals surface area contributed by atoms with Gasteiger partial charge >= 0.3 is 0 Å². The second kappa shape index (κ2) is 5.69. The molecule has 0 aliphatic rings. The number of carbonyl (C=O) groups excluding carboxylic acids is 1. The first-order chi connectivity index (χ1) is 9.79. The number of nitrogens with zero attached hydrogens (tertiary/aromatic N) is 1. The number of rotatable bonds is 4. The number of primary amides is 1. The van der Waals surface area contributed by atoms with Crippen LogP contribution in [-0.2, 0) is 0 Å². The van der Waals surface area contributed by atoms with E-state index < -0.39 is 11.7 Å². The molecular formula is C14H17FN4OS. The van der Waals surface area contributed by atoms with Crippen molar-refractivity contribution in [3.8, 4) is 0 Å². The van der Waals surface area contributed by atoms with Crippen LogP contribution in [0.2, 0.25) is 0 Å². The molecule has 21 heavy (non-hydrogen) atoms. The van der Waals surface area contributed by atoms with E-state index in [0.717, 1.165) is 21.6 Å². The molecule has 1 aromatic carbocycles. The Morgan fingerprint density at radius 1 is 1.43 bits per heavy atom. The summed E-state index contributed by atoms with van der Waals surface area (Å²) in [5, 5.41) is 3.99.